The zero-order chi connectivity index (χ0) is 16.3. The topological polar surface area (TPSA) is 90.1 Å². The van der Waals surface area contributed by atoms with Gasteiger partial charge in [-0.3, -0.25) is 19.6 Å². The number of aryl methyl sites for hydroxylation is 1. The Labute approximate surface area is 128 Å². The summed E-state index contributed by atoms with van der Waals surface area (Å²) in [5.41, 5.74) is 2.73. The molecule has 0 unspecified atom stereocenters. The SMILES string of the molecule is Cc1c([C@H](C)NC(=O)Cc2ccc([N+](=O)[O-])cc2)cnn1C. The number of carbonyl (C=O) groups excluding carboxylic acids is 1. The van der Waals surface area contributed by atoms with Gasteiger partial charge in [-0.2, -0.15) is 5.10 Å². The normalized spacial score (nSPS) is 12.0. The smallest absolute Gasteiger partial charge is 0.269 e. The molecule has 0 aliphatic rings. The predicted octanol–water partition coefficient (Wildman–Crippen LogP) is 2.06. The molecular weight excluding hydrogens is 284 g/mol. The van der Waals surface area contributed by atoms with E-state index in [0.29, 0.717) is 0 Å². The van der Waals surface area contributed by atoms with Crippen molar-refractivity contribution in [3.05, 3.63) is 57.4 Å². The van der Waals surface area contributed by atoms with Crippen molar-refractivity contribution in [1.82, 2.24) is 15.1 Å². The minimum absolute atomic E-state index is 0.0171. The van der Waals surface area contributed by atoms with Crippen molar-refractivity contribution < 1.29 is 9.72 Å². The van der Waals surface area contributed by atoms with Crippen LogP contribution in [0, 0.1) is 17.0 Å². The van der Waals surface area contributed by atoms with E-state index in [0.717, 1.165) is 16.8 Å². The Hall–Kier alpha value is -2.70. The van der Waals surface area contributed by atoms with Gasteiger partial charge in [-0.25, -0.2) is 0 Å². The maximum absolute atomic E-state index is 12.1. The molecule has 0 aliphatic heterocycles. The van der Waals surface area contributed by atoms with Gasteiger partial charge in [0.1, 0.15) is 0 Å². The number of nitrogens with zero attached hydrogens (tertiary/aromatic N) is 3. The lowest BCUT2D eigenvalue weighted by Gasteiger charge is -2.13. The molecule has 1 aromatic heterocycles. The Morgan fingerprint density at radius 3 is 2.55 bits per heavy atom. The maximum atomic E-state index is 12.1. The number of carbonyl (C=O) groups is 1. The molecule has 7 nitrogen and oxygen atoms in total. The predicted molar refractivity (Wildman–Crippen MR) is 81.3 cm³/mol. The summed E-state index contributed by atoms with van der Waals surface area (Å²) >= 11 is 0. The lowest BCUT2D eigenvalue weighted by atomic mass is 10.1. The Kier molecular flexibility index (Phi) is 4.55. The zero-order valence-corrected chi connectivity index (χ0v) is 12.7. The number of hydrogen-bond donors (Lipinski definition) is 1. The van der Waals surface area contributed by atoms with Crippen LogP contribution in [-0.2, 0) is 18.3 Å². The summed E-state index contributed by atoms with van der Waals surface area (Å²) in [4.78, 5) is 22.2. The van der Waals surface area contributed by atoms with Gasteiger partial charge in [-0.05, 0) is 19.4 Å². The largest absolute Gasteiger partial charge is 0.349 e. The Morgan fingerprint density at radius 2 is 2.05 bits per heavy atom. The third-order valence-corrected chi connectivity index (χ3v) is 3.63. The number of nitro groups is 1. The first-order valence-corrected chi connectivity index (χ1v) is 6.89. The number of benzene rings is 1. The molecule has 0 aliphatic carbocycles. The fourth-order valence-corrected chi connectivity index (χ4v) is 2.23. The van der Waals surface area contributed by atoms with Crippen LogP contribution < -0.4 is 5.32 Å². The van der Waals surface area contributed by atoms with Crippen molar-refractivity contribution in [3.63, 3.8) is 0 Å². The maximum Gasteiger partial charge on any atom is 0.269 e. The van der Waals surface area contributed by atoms with Crippen LogP contribution in [0.15, 0.2) is 30.5 Å². The van der Waals surface area contributed by atoms with Crippen LogP contribution in [0.25, 0.3) is 0 Å². The second-order valence-corrected chi connectivity index (χ2v) is 5.20. The summed E-state index contributed by atoms with van der Waals surface area (Å²) in [5.74, 6) is -0.135. The minimum atomic E-state index is -0.461. The van der Waals surface area contributed by atoms with Gasteiger partial charge in [0.2, 0.25) is 5.91 Å². The van der Waals surface area contributed by atoms with Gasteiger partial charge >= 0.3 is 0 Å². The fourth-order valence-electron chi connectivity index (χ4n) is 2.23. The molecule has 1 heterocycles. The molecule has 22 heavy (non-hydrogen) atoms. The molecule has 0 saturated carbocycles. The number of aromatic nitrogens is 2. The van der Waals surface area contributed by atoms with E-state index in [2.05, 4.69) is 10.4 Å². The molecule has 2 rings (SSSR count). The van der Waals surface area contributed by atoms with E-state index in [1.54, 1.807) is 23.0 Å². The molecule has 7 heteroatoms. The highest BCUT2D eigenvalue weighted by Gasteiger charge is 2.15. The average Bonchev–Trinajstić information content (AvgIpc) is 2.79. The van der Waals surface area contributed by atoms with Crippen LogP contribution >= 0.6 is 0 Å². The van der Waals surface area contributed by atoms with Gasteiger partial charge in [0.15, 0.2) is 0 Å². The third kappa shape index (κ3) is 3.49. The summed E-state index contributed by atoms with van der Waals surface area (Å²) in [6, 6.07) is 5.85. The van der Waals surface area contributed by atoms with E-state index in [1.165, 1.54) is 12.1 Å². The van der Waals surface area contributed by atoms with E-state index in [1.807, 2.05) is 20.9 Å². The fraction of sp³-hybridized carbons (Fsp3) is 0.333. The Bertz CT molecular complexity index is 691. The van der Waals surface area contributed by atoms with E-state index in [4.69, 9.17) is 0 Å². The third-order valence-electron chi connectivity index (χ3n) is 3.63. The number of amides is 1. The molecule has 0 bridgehead atoms. The van der Waals surface area contributed by atoms with Crippen molar-refractivity contribution in [2.45, 2.75) is 26.3 Å². The van der Waals surface area contributed by atoms with Gasteiger partial charge in [0.05, 0.1) is 23.6 Å². The molecule has 0 radical (unpaired) electrons. The molecule has 1 aromatic carbocycles. The molecule has 1 atom stereocenters. The second kappa shape index (κ2) is 6.38. The van der Waals surface area contributed by atoms with Crippen LogP contribution in [0.2, 0.25) is 0 Å². The number of rotatable bonds is 5. The van der Waals surface area contributed by atoms with Crippen molar-refractivity contribution in [3.8, 4) is 0 Å². The quantitative estimate of drug-likeness (QED) is 0.676. The number of nitrogens with one attached hydrogen (secondary N) is 1. The molecule has 0 spiro atoms. The Balaban J connectivity index is 1.97. The monoisotopic (exact) mass is 302 g/mol. The summed E-state index contributed by atoms with van der Waals surface area (Å²) in [5, 5.41) is 17.7. The highest BCUT2D eigenvalue weighted by atomic mass is 16.6. The lowest BCUT2D eigenvalue weighted by molar-refractivity contribution is -0.384. The molecule has 0 fully saturated rings. The van der Waals surface area contributed by atoms with Crippen LogP contribution in [0.4, 0.5) is 5.69 Å². The summed E-state index contributed by atoms with van der Waals surface area (Å²) in [6.45, 7) is 3.85. The average molecular weight is 302 g/mol. The highest BCUT2D eigenvalue weighted by molar-refractivity contribution is 5.79. The van der Waals surface area contributed by atoms with Gasteiger partial charge < -0.3 is 5.32 Å². The molecular formula is C15H18N4O3. The highest BCUT2D eigenvalue weighted by Crippen LogP contribution is 2.17. The molecule has 0 saturated heterocycles. The number of non-ortho nitro benzene ring substituents is 1. The molecule has 1 N–H and O–H groups in total. The van der Waals surface area contributed by atoms with Crippen molar-refractivity contribution in [2.75, 3.05) is 0 Å². The lowest BCUT2D eigenvalue weighted by Crippen LogP contribution is -2.28. The van der Waals surface area contributed by atoms with Crippen LogP contribution in [0.3, 0.4) is 0 Å². The van der Waals surface area contributed by atoms with Crippen LogP contribution in [-0.4, -0.2) is 20.6 Å². The van der Waals surface area contributed by atoms with Gasteiger partial charge in [0.25, 0.3) is 5.69 Å². The Morgan fingerprint density at radius 1 is 1.41 bits per heavy atom. The molecule has 116 valence electrons. The number of nitro benzene ring substituents is 1. The number of hydrogen-bond acceptors (Lipinski definition) is 4. The van der Waals surface area contributed by atoms with Crippen molar-refractivity contribution in [1.29, 1.82) is 0 Å². The van der Waals surface area contributed by atoms with Crippen molar-refractivity contribution >= 4 is 11.6 Å². The van der Waals surface area contributed by atoms with E-state index in [9.17, 15) is 14.9 Å². The van der Waals surface area contributed by atoms with Gasteiger partial charge in [0, 0.05) is 30.4 Å². The van der Waals surface area contributed by atoms with Crippen LogP contribution in [0.5, 0.6) is 0 Å². The zero-order valence-electron chi connectivity index (χ0n) is 12.7. The van der Waals surface area contributed by atoms with Gasteiger partial charge in [-0.1, -0.05) is 12.1 Å². The first kappa shape index (κ1) is 15.7. The minimum Gasteiger partial charge on any atom is -0.349 e. The summed E-state index contributed by atoms with van der Waals surface area (Å²) in [6.07, 6.45) is 1.92. The second-order valence-electron chi connectivity index (χ2n) is 5.20. The van der Waals surface area contributed by atoms with E-state index >= 15 is 0 Å². The van der Waals surface area contributed by atoms with E-state index < -0.39 is 4.92 Å². The summed E-state index contributed by atoms with van der Waals surface area (Å²) in [7, 11) is 1.85. The van der Waals surface area contributed by atoms with E-state index in [-0.39, 0.29) is 24.1 Å². The first-order chi connectivity index (χ1) is 10.4. The summed E-state index contributed by atoms with van der Waals surface area (Å²) < 4.78 is 1.76. The molecule has 1 amide bonds. The standard InChI is InChI=1S/C15H18N4O3/c1-10(14-9-16-18(3)11(14)2)17-15(20)8-12-4-6-13(7-5-12)19(21)22/h4-7,9-10H,8H2,1-3H3,(H,17,20)/t10-/m0/s1. The molecule has 2 aromatic rings. The van der Waals surface area contributed by atoms with Gasteiger partial charge in [-0.15, -0.1) is 0 Å². The van der Waals surface area contributed by atoms with Crippen molar-refractivity contribution in [2.24, 2.45) is 7.05 Å². The first-order valence-electron chi connectivity index (χ1n) is 6.89. The van der Waals surface area contributed by atoms with Crippen LogP contribution in [0.1, 0.15) is 29.8 Å².